The molecule has 0 bridgehead atoms. The van der Waals surface area contributed by atoms with Crippen LogP contribution in [0.15, 0.2) is 24.3 Å². The minimum Gasteiger partial charge on any atom is -0.319 e. The highest BCUT2D eigenvalue weighted by atomic mass is 16.2. The van der Waals surface area contributed by atoms with E-state index in [1.54, 1.807) is 0 Å². The Labute approximate surface area is 95.4 Å². The summed E-state index contributed by atoms with van der Waals surface area (Å²) in [5.74, 6) is 0.170. The van der Waals surface area contributed by atoms with Gasteiger partial charge in [-0.25, -0.2) is 0 Å². The lowest BCUT2D eigenvalue weighted by Crippen LogP contribution is -2.53. The molecule has 0 saturated carbocycles. The zero-order valence-corrected chi connectivity index (χ0v) is 9.66. The minimum atomic E-state index is 0.110. The van der Waals surface area contributed by atoms with Gasteiger partial charge in [0.15, 0.2) is 0 Å². The van der Waals surface area contributed by atoms with Crippen LogP contribution in [-0.4, -0.2) is 23.0 Å². The van der Waals surface area contributed by atoms with E-state index in [1.807, 2.05) is 23.1 Å². The lowest BCUT2D eigenvalue weighted by Gasteiger charge is -2.41. The predicted molar refractivity (Wildman–Crippen MR) is 62.1 cm³/mol. The maximum absolute atomic E-state index is 12.1. The Morgan fingerprint density at radius 3 is 2.94 bits per heavy atom. The Kier molecular flexibility index (Phi) is 1.89. The highest BCUT2D eigenvalue weighted by Crippen LogP contribution is 2.40. The largest absolute Gasteiger partial charge is 0.319 e. The lowest BCUT2D eigenvalue weighted by molar-refractivity contribution is 0.0535. The van der Waals surface area contributed by atoms with Gasteiger partial charge in [-0.05, 0) is 31.9 Å². The van der Waals surface area contributed by atoms with Crippen molar-refractivity contribution in [2.75, 3.05) is 6.67 Å². The van der Waals surface area contributed by atoms with Gasteiger partial charge < -0.3 is 4.90 Å². The van der Waals surface area contributed by atoms with Crippen molar-refractivity contribution in [3.05, 3.63) is 35.4 Å². The van der Waals surface area contributed by atoms with E-state index in [1.165, 1.54) is 5.56 Å². The summed E-state index contributed by atoms with van der Waals surface area (Å²) in [5, 5.41) is 3.40. The van der Waals surface area contributed by atoms with E-state index in [9.17, 15) is 4.79 Å². The first-order valence-corrected chi connectivity index (χ1v) is 5.73. The van der Waals surface area contributed by atoms with Crippen LogP contribution in [0.3, 0.4) is 0 Å². The molecule has 3 heteroatoms. The van der Waals surface area contributed by atoms with Crippen molar-refractivity contribution in [3.8, 4) is 0 Å². The third kappa shape index (κ3) is 1.28. The molecule has 1 aromatic rings. The molecular formula is C13H16N2O. The number of benzene rings is 1. The molecule has 1 aromatic carbocycles. The van der Waals surface area contributed by atoms with Crippen molar-refractivity contribution >= 4 is 5.91 Å². The number of hydrogen-bond acceptors (Lipinski definition) is 2. The van der Waals surface area contributed by atoms with Gasteiger partial charge in [0.1, 0.15) is 0 Å². The molecule has 0 aromatic heterocycles. The molecule has 2 aliphatic heterocycles. The van der Waals surface area contributed by atoms with Crippen molar-refractivity contribution in [3.63, 3.8) is 0 Å². The van der Waals surface area contributed by atoms with Gasteiger partial charge in [-0.2, -0.15) is 0 Å². The molecule has 2 aliphatic rings. The van der Waals surface area contributed by atoms with Crippen LogP contribution in [0.1, 0.15) is 42.2 Å². The summed E-state index contributed by atoms with van der Waals surface area (Å²) >= 11 is 0. The molecule has 1 fully saturated rings. The summed E-state index contributed by atoms with van der Waals surface area (Å²) in [6.45, 7) is 5.04. The Hall–Kier alpha value is -1.35. The van der Waals surface area contributed by atoms with Gasteiger partial charge in [0, 0.05) is 11.1 Å². The van der Waals surface area contributed by atoms with Gasteiger partial charge in [0.05, 0.1) is 12.7 Å². The smallest absolute Gasteiger partial charge is 0.255 e. The molecular weight excluding hydrogens is 200 g/mol. The summed E-state index contributed by atoms with van der Waals surface area (Å²) in [4.78, 5) is 14.1. The van der Waals surface area contributed by atoms with Crippen LogP contribution in [0, 0.1) is 0 Å². The molecule has 1 N–H and O–H groups in total. The fraction of sp³-hybridized carbons (Fsp3) is 0.462. The van der Waals surface area contributed by atoms with Gasteiger partial charge in [-0.15, -0.1) is 0 Å². The fourth-order valence-electron chi connectivity index (χ4n) is 2.70. The fourth-order valence-corrected chi connectivity index (χ4v) is 2.70. The van der Waals surface area contributed by atoms with Crippen LogP contribution in [0.25, 0.3) is 0 Å². The number of carbonyl (C=O) groups excluding carboxylic acids is 1. The summed E-state index contributed by atoms with van der Waals surface area (Å²) in [5.41, 5.74) is 2.19. The average Bonchev–Trinajstić information content (AvgIpc) is 2.52. The van der Waals surface area contributed by atoms with Gasteiger partial charge in [0.2, 0.25) is 0 Å². The zero-order valence-electron chi connectivity index (χ0n) is 9.66. The number of fused-ring (bicyclic) bond motifs is 3. The van der Waals surface area contributed by atoms with Gasteiger partial charge in [-0.1, -0.05) is 18.2 Å². The van der Waals surface area contributed by atoms with Crippen LogP contribution in [-0.2, 0) is 0 Å². The second-order valence-electron chi connectivity index (χ2n) is 5.30. The number of amides is 1. The molecule has 2 heterocycles. The molecule has 3 nitrogen and oxygen atoms in total. The topological polar surface area (TPSA) is 32.3 Å². The number of rotatable bonds is 0. The van der Waals surface area contributed by atoms with E-state index < -0.39 is 0 Å². The molecule has 1 saturated heterocycles. The van der Waals surface area contributed by atoms with E-state index in [-0.39, 0.29) is 17.5 Å². The van der Waals surface area contributed by atoms with Crippen molar-refractivity contribution in [1.29, 1.82) is 0 Å². The van der Waals surface area contributed by atoms with Crippen LogP contribution in [0.5, 0.6) is 0 Å². The first kappa shape index (κ1) is 9.85. The normalized spacial score (nSPS) is 26.5. The summed E-state index contributed by atoms with van der Waals surface area (Å²) in [7, 11) is 0. The SMILES string of the molecule is CC1(C)CC2c3ccccc3C(=O)N2CN1. The highest BCUT2D eigenvalue weighted by Gasteiger charge is 2.42. The predicted octanol–water partition coefficient (Wildman–Crippen LogP) is 1.91. The molecule has 84 valence electrons. The maximum Gasteiger partial charge on any atom is 0.255 e. The van der Waals surface area contributed by atoms with Crippen LogP contribution in [0.4, 0.5) is 0 Å². The standard InChI is InChI=1S/C13H16N2O/c1-13(2)7-11-9-5-3-4-6-10(9)12(16)15(11)8-14-13/h3-6,11,14H,7-8H2,1-2H3. The molecule has 0 aliphatic carbocycles. The van der Waals surface area contributed by atoms with Crippen LogP contribution < -0.4 is 5.32 Å². The zero-order chi connectivity index (χ0) is 11.3. The number of nitrogens with one attached hydrogen (secondary N) is 1. The van der Waals surface area contributed by atoms with Gasteiger partial charge in [-0.3, -0.25) is 10.1 Å². The molecule has 0 radical (unpaired) electrons. The Bertz CT molecular complexity index is 453. The third-order valence-electron chi connectivity index (χ3n) is 3.62. The second-order valence-corrected chi connectivity index (χ2v) is 5.30. The molecule has 0 spiro atoms. The van der Waals surface area contributed by atoms with Crippen LogP contribution in [0.2, 0.25) is 0 Å². The van der Waals surface area contributed by atoms with E-state index in [2.05, 4.69) is 25.2 Å². The Morgan fingerprint density at radius 2 is 2.12 bits per heavy atom. The Balaban J connectivity index is 2.05. The monoisotopic (exact) mass is 216 g/mol. The first-order valence-electron chi connectivity index (χ1n) is 5.73. The van der Waals surface area contributed by atoms with Gasteiger partial charge in [0.25, 0.3) is 5.91 Å². The third-order valence-corrected chi connectivity index (χ3v) is 3.62. The van der Waals surface area contributed by atoms with Crippen molar-refractivity contribution in [1.82, 2.24) is 10.2 Å². The van der Waals surface area contributed by atoms with Crippen molar-refractivity contribution in [2.24, 2.45) is 0 Å². The number of nitrogens with zero attached hydrogens (tertiary/aromatic N) is 1. The van der Waals surface area contributed by atoms with Crippen LogP contribution >= 0.6 is 0 Å². The quantitative estimate of drug-likeness (QED) is 0.718. The van der Waals surface area contributed by atoms with Gasteiger partial charge >= 0.3 is 0 Å². The van der Waals surface area contributed by atoms with Crippen molar-refractivity contribution in [2.45, 2.75) is 31.8 Å². The maximum atomic E-state index is 12.1. The summed E-state index contributed by atoms with van der Waals surface area (Å²) in [6, 6.07) is 8.24. The van der Waals surface area contributed by atoms with E-state index in [0.29, 0.717) is 6.67 Å². The second kappa shape index (κ2) is 3.08. The summed E-state index contributed by atoms with van der Waals surface area (Å²) in [6.07, 6.45) is 0.982. The van der Waals surface area contributed by atoms with E-state index >= 15 is 0 Å². The van der Waals surface area contributed by atoms with Crippen molar-refractivity contribution < 1.29 is 4.79 Å². The Morgan fingerprint density at radius 1 is 1.38 bits per heavy atom. The molecule has 3 rings (SSSR count). The number of carbonyl (C=O) groups is 1. The molecule has 16 heavy (non-hydrogen) atoms. The minimum absolute atomic E-state index is 0.110. The van der Waals surface area contributed by atoms with E-state index in [0.717, 1.165) is 12.0 Å². The first-order chi connectivity index (χ1) is 7.58. The molecule has 1 amide bonds. The average molecular weight is 216 g/mol. The lowest BCUT2D eigenvalue weighted by atomic mass is 9.89. The molecule has 1 unspecified atom stereocenters. The summed E-state index contributed by atoms with van der Waals surface area (Å²) < 4.78 is 0. The molecule has 1 atom stereocenters. The highest BCUT2D eigenvalue weighted by molar-refractivity contribution is 5.99. The van der Waals surface area contributed by atoms with E-state index in [4.69, 9.17) is 0 Å². The number of hydrogen-bond donors (Lipinski definition) is 1.